The Kier molecular flexibility index (Phi) is 6.07. The van der Waals surface area contributed by atoms with Gasteiger partial charge in [-0.15, -0.1) is 0 Å². The molecule has 3 aliphatic rings. The van der Waals surface area contributed by atoms with E-state index in [1.54, 1.807) is 24.5 Å². The van der Waals surface area contributed by atoms with Gasteiger partial charge in [-0.2, -0.15) is 4.31 Å². The smallest absolute Gasteiger partial charge is 0.267 e. The second kappa shape index (κ2) is 9.14. The number of rotatable bonds is 4. The average molecular weight is 474 g/mol. The molecule has 3 aliphatic heterocycles. The van der Waals surface area contributed by atoms with Crippen molar-refractivity contribution in [3.05, 3.63) is 36.7 Å². The molecule has 2 saturated heterocycles. The van der Waals surface area contributed by atoms with Crippen molar-refractivity contribution in [1.29, 1.82) is 0 Å². The van der Waals surface area contributed by atoms with Crippen LogP contribution >= 0.6 is 0 Å². The summed E-state index contributed by atoms with van der Waals surface area (Å²) >= 11 is 0. The van der Waals surface area contributed by atoms with Crippen LogP contribution in [0.5, 0.6) is 11.5 Å². The third-order valence-corrected chi connectivity index (χ3v) is 8.12. The number of carbonyl (C=O) groups excluding carboxylic acids is 1. The lowest BCUT2D eigenvalue weighted by atomic mass is 10.1. The van der Waals surface area contributed by atoms with Gasteiger partial charge in [-0.05, 0) is 37.5 Å². The second-order valence-corrected chi connectivity index (χ2v) is 10.3. The molecule has 0 radical (unpaired) electrons. The molecule has 0 saturated carbocycles. The normalized spacial score (nSPS) is 21.6. The summed E-state index contributed by atoms with van der Waals surface area (Å²) in [6.45, 7) is 3.24. The minimum atomic E-state index is -3.69. The maximum absolute atomic E-state index is 13.2. The van der Waals surface area contributed by atoms with Gasteiger partial charge in [0, 0.05) is 57.7 Å². The Balaban J connectivity index is 1.25. The molecule has 0 aliphatic carbocycles. The van der Waals surface area contributed by atoms with E-state index in [1.807, 2.05) is 9.80 Å². The number of amides is 1. The van der Waals surface area contributed by atoms with Crippen molar-refractivity contribution in [2.24, 2.45) is 0 Å². The maximum Gasteiger partial charge on any atom is 0.267 e. The number of aromatic nitrogens is 2. The van der Waals surface area contributed by atoms with Crippen molar-refractivity contribution >= 4 is 21.9 Å². The van der Waals surface area contributed by atoms with Crippen molar-refractivity contribution < 1.29 is 22.7 Å². The monoisotopic (exact) mass is 473 g/mol. The topological polar surface area (TPSA) is 105 Å². The van der Waals surface area contributed by atoms with E-state index in [9.17, 15) is 13.2 Å². The third-order valence-electron chi connectivity index (χ3n) is 6.23. The molecule has 0 bridgehead atoms. The number of sulfonamides is 1. The summed E-state index contributed by atoms with van der Waals surface area (Å²) < 4.78 is 39.5. The van der Waals surface area contributed by atoms with Crippen LogP contribution in [-0.4, -0.2) is 85.5 Å². The van der Waals surface area contributed by atoms with Gasteiger partial charge in [0.1, 0.15) is 6.61 Å². The van der Waals surface area contributed by atoms with Crippen LogP contribution in [0.3, 0.4) is 0 Å². The Morgan fingerprint density at radius 1 is 0.939 bits per heavy atom. The molecule has 1 unspecified atom stereocenters. The first-order valence-electron chi connectivity index (χ1n) is 11.3. The summed E-state index contributed by atoms with van der Waals surface area (Å²) in [7, 11) is -3.69. The van der Waals surface area contributed by atoms with Gasteiger partial charge in [-0.1, -0.05) is 0 Å². The molecule has 2 aromatic rings. The van der Waals surface area contributed by atoms with Crippen molar-refractivity contribution in [3.8, 4) is 11.5 Å². The molecule has 33 heavy (non-hydrogen) atoms. The van der Waals surface area contributed by atoms with Crippen LogP contribution in [0.15, 0.2) is 41.6 Å². The van der Waals surface area contributed by atoms with Gasteiger partial charge in [0.2, 0.25) is 22.1 Å². The maximum atomic E-state index is 13.2. The molecule has 1 aromatic heterocycles. The molecule has 1 atom stereocenters. The van der Waals surface area contributed by atoms with Gasteiger partial charge in [-0.3, -0.25) is 4.79 Å². The fourth-order valence-corrected chi connectivity index (χ4v) is 5.82. The van der Waals surface area contributed by atoms with Crippen LogP contribution in [0.1, 0.15) is 19.3 Å². The quantitative estimate of drug-likeness (QED) is 0.651. The standard InChI is InChI=1S/C22H27N5O5S/c28-21(25-9-2-1-3-10-25)20-16-31-19-15-17(5-6-18(19)32-20)33(29,30)27-13-11-26(12-14-27)22-23-7-4-8-24-22/h4-8,15,20H,1-3,9-14,16H2. The highest BCUT2D eigenvalue weighted by atomic mass is 32.2. The van der Waals surface area contributed by atoms with E-state index in [1.165, 1.54) is 16.4 Å². The van der Waals surface area contributed by atoms with E-state index >= 15 is 0 Å². The first-order chi connectivity index (χ1) is 16.0. The lowest BCUT2D eigenvalue weighted by Crippen LogP contribution is -2.49. The third kappa shape index (κ3) is 4.47. The van der Waals surface area contributed by atoms with Gasteiger partial charge in [0.05, 0.1) is 4.90 Å². The molecule has 11 heteroatoms. The number of benzene rings is 1. The largest absolute Gasteiger partial charge is 0.485 e. The lowest BCUT2D eigenvalue weighted by Gasteiger charge is -2.34. The predicted molar refractivity (Wildman–Crippen MR) is 120 cm³/mol. The van der Waals surface area contributed by atoms with Gasteiger partial charge in [-0.25, -0.2) is 18.4 Å². The number of piperazine rings is 1. The van der Waals surface area contributed by atoms with Crippen molar-refractivity contribution in [1.82, 2.24) is 19.2 Å². The van der Waals surface area contributed by atoms with Crippen LogP contribution in [-0.2, 0) is 14.8 Å². The molecule has 1 aromatic carbocycles. The van der Waals surface area contributed by atoms with Crippen LogP contribution in [0.2, 0.25) is 0 Å². The molecular weight excluding hydrogens is 446 g/mol. The molecule has 1 amide bonds. The highest BCUT2D eigenvalue weighted by Gasteiger charge is 2.34. The zero-order valence-electron chi connectivity index (χ0n) is 18.3. The number of nitrogens with zero attached hydrogens (tertiary/aromatic N) is 5. The van der Waals surface area contributed by atoms with Crippen LogP contribution in [0.4, 0.5) is 5.95 Å². The molecule has 176 valence electrons. The Morgan fingerprint density at radius 2 is 1.67 bits per heavy atom. The summed E-state index contributed by atoms with van der Waals surface area (Å²) in [4.78, 5) is 25.1. The van der Waals surface area contributed by atoms with Gasteiger partial charge >= 0.3 is 0 Å². The summed E-state index contributed by atoms with van der Waals surface area (Å²) in [6, 6.07) is 6.32. The molecule has 0 spiro atoms. The predicted octanol–water partition coefficient (Wildman–Crippen LogP) is 1.14. The van der Waals surface area contributed by atoms with Crippen LogP contribution in [0, 0.1) is 0 Å². The lowest BCUT2D eigenvalue weighted by molar-refractivity contribution is -0.142. The zero-order chi connectivity index (χ0) is 22.8. The number of likely N-dealkylation sites (tertiary alicyclic amines) is 1. The number of fused-ring (bicyclic) bond motifs is 1. The number of anilines is 1. The van der Waals surface area contributed by atoms with Gasteiger partial charge in [0.15, 0.2) is 11.5 Å². The number of carbonyl (C=O) groups is 1. The minimum Gasteiger partial charge on any atom is -0.485 e. The highest BCUT2D eigenvalue weighted by molar-refractivity contribution is 7.89. The first kappa shape index (κ1) is 21.9. The second-order valence-electron chi connectivity index (χ2n) is 8.35. The van der Waals surface area contributed by atoms with E-state index < -0.39 is 16.1 Å². The number of ether oxygens (including phenoxy) is 2. The van der Waals surface area contributed by atoms with E-state index in [0.717, 1.165) is 32.4 Å². The van der Waals surface area contributed by atoms with Crippen LogP contribution < -0.4 is 14.4 Å². The molecule has 5 rings (SSSR count). The molecule has 4 heterocycles. The molecule has 2 fully saturated rings. The van der Waals surface area contributed by atoms with E-state index in [2.05, 4.69) is 9.97 Å². The molecular formula is C22H27N5O5S. The van der Waals surface area contributed by atoms with Crippen molar-refractivity contribution in [2.45, 2.75) is 30.3 Å². The summed E-state index contributed by atoms with van der Waals surface area (Å²) in [5.41, 5.74) is 0. The van der Waals surface area contributed by atoms with Gasteiger partial charge in [0.25, 0.3) is 5.91 Å². The Labute approximate surface area is 193 Å². The Morgan fingerprint density at radius 3 is 2.39 bits per heavy atom. The Hall–Kier alpha value is -2.92. The zero-order valence-corrected chi connectivity index (χ0v) is 19.1. The van der Waals surface area contributed by atoms with Crippen LogP contribution in [0.25, 0.3) is 0 Å². The fourth-order valence-electron chi connectivity index (χ4n) is 4.38. The van der Waals surface area contributed by atoms with E-state index in [0.29, 0.717) is 43.6 Å². The highest BCUT2D eigenvalue weighted by Crippen LogP contribution is 2.35. The van der Waals surface area contributed by atoms with Gasteiger partial charge < -0.3 is 19.3 Å². The number of piperidine rings is 1. The minimum absolute atomic E-state index is 0.0710. The van der Waals surface area contributed by atoms with E-state index in [-0.39, 0.29) is 17.4 Å². The summed E-state index contributed by atoms with van der Waals surface area (Å²) in [6.07, 6.45) is 5.79. The SMILES string of the molecule is O=C(C1COc2cc(S(=O)(=O)N3CCN(c4ncccn4)CC3)ccc2O1)N1CCCCC1. The van der Waals surface area contributed by atoms with Crippen molar-refractivity contribution in [3.63, 3.8) is 0 Å². The summed E-state index contributed by atoms with van der Waals surface area (Å²) in [5.74, 6) is 1.26. The van der Waals surface area contributed by atoms with E-state index in [4.69, 9.17) is 9.47 Å². The van der Waals surface area contributed by atoms with Crippen molar-refractivity contribution in [2.75, 3.05) is 50.8 Å². The summed E-state index contributed by atoms with van der Waals surface area (Å²) in [5, 5.41) is 0. The Bertz CT molecular complexity index is 1100. The molecule has 10 nitrogen and oxygen atoms in total. The fraction of sp³-hybridized carbons (Fsp3) is 0.500. The first-order valence-corrected chi connectivity index (χ1v) is 12.7. The molecule has 0 N–H and O–H groups in total. The average Bonchev–Trinajstić information content (AvgIpc) is 2.88. The number of hydrogen-bond acceptors (Lipinski definition) is 8. The number of hydrogen-bond donors (Lipinski definition) is 0.